The molecule has 0 aromatic carbocycles. The van der Waals surface area contributed by atoms with E-state index < -0.39 is 5.91 Å². The highest BCUT2D eigenvalue weighted by Gasteiger charge is 2.14. The van der Waals surface area contributed by atoms with Crippen LogP contribution in [0.5, 0.6) is 0 Å². The van der Waals surface area contributed by atoms with E-state index in [0.717, 1.165) is 5.57 Å². The molecular weight excluding hydrogens is 164 g/mol. The number of allylic oxidation sites excluding steroid dienone is 2. The van der Waals surface area contributed by atoms with Crippen LogP contribution in [-0.4, -0.2) is 5.91 Å². The van der Waals surface area contributed by atoms with Crippen LogP contribution in [0.2, 0.25) is 0 Å². The molecule has 0 saturated heterocycles. The number of amides is 1. The Kier molecular flexibility index (Phi) is 2.56. The molecule has 0 aromatic rings. The van der Waals surface area contributed by atoms with Crippen LogP contribution in [0.1, 0.15) is 13.8 Å². The van der Waals surface area contributed by atoms with Crippen LogP contribution in [0.3, 0.4) is 0 Å². The normalized spacial score (nSPS) is 16.4. The van der Waals surface area contributed by atoms with Gasteiger partial charge in [-0.3, -0.25) is 4.79 Å². The molecule has 0 atom stereocenters. The minimum absolute atomic E-state index is 0.370. The standard InChI is InChI=1S/C10H14N2O/c1-6(2)8-4-9(10(11)13)7(3)12-5-8/h4-6,12H,3H2,1-2H3,(H2,11,13). The van der Waals surface area contributed by atoms with E-state index in [9.17, 15) is 4.79 Å². The Balaban J connectivity index is 2.98. The second-order valence-corrected chi connectivity index (χ2v) is 3.34. The maximum Gasteiger partial charge on any atom is 0.250 e. The first-order chi connectivity index (χ1) is 6.02. The van der Waals surface area contributed by atoms with E-state index in [1.165, 1.54) is 0 Å². The van der Waals surface area contributed by atoms with Crippen LogP contribution in [0.4, 0.5) is 0 Å². The van der Waals surface area contributed by atoms with Crippen molar-refractivity contribution >= 4 is 5.91 Å². The molecule has 1 rings (SSSR count). The van der Waals surface area contributed by atoms with Gasteiger partial charge in [0.05, 0.1) is 5.57 Å². The molecule has 0 bridgehead atoms. The van der Waals surface area contributed by atoms with Crippen molar-refractivity contribution in [1.29, 1.82) is 0 Å². The second kappa shape index (κ2) is 3.47. The third-order valence-corrected chi connectivity index (χ3v) is 1.98. The zero-order valence-corrected chi connectivity index (χ0v) is 7.92. The van der Waals surface area contributed by atoms with E-state index in [1.54, 1.807) is 6.08 Å². The Morgan fingerprint density at radius 3 is 2.69 bits per heavy atom. The molecule has 1 aliphatic rings. The SMILES string of the molecule is C=C1NC=C(C(C)C)C=C1C(N)=O. The van der Waals surface area contributed by atoms with Crippen molar-refractivity contribution in [3.63, 3.8) is 0 Å². The average molecular weight is 178 g/mol. The first kappa shape index (κ1) is 9.58. The van der Waals surface area contributed by atoms with Crippen molar-refractivity contribution in [3.8, 4) is 0 Å². The summed E-state index contributed by atoms with van der Waals surface area (Å²) in [5.41, 5.74) is 7.27. The van der Waals surface area contributed by atoms with E-state index in [0.29, 0.717) is 17.2 Å². The second-order valence-electron chi connectivity index (χ2n) is 3.34. The summed E-state index contributed by atoms with van der Waals surface area (Å²) in [6, 6.07) is 0. The molecule has 1 aliphatic heterocycles. The number of nitrogens with two attached hydrogens (primary N) is 1. The fourth-order valence-electron chi connectivity index (χ4n) is 1.10. The monoisotopic (exact) mass is 178 g/mol. The van der Waals surface area contributed by atoms with Crippen molar-refractivity contribution in [3.05, 3.63) is 35.7 Å². The third-order valence-electron chi connectivity index (χ3n) is 1.98. The number of nitrogens with one attached hydrogen (secondary N) is 1. The smallest absolute Gasteiger partial charge is 0.250 e. The summed E-state index contributed by atoms with van der Waals surface area (Å²) >= 11 is 0. The Labute approximate surface area is 78.0 Å². The predicted molar refractivity (Wildman–Crippen MR) is 52.5 cm³/mol. The van der Waals surface area contributed by atoms with Crippen LogP contribution < -0.4 is 11.1 Å². The first-order valence-electron chi connectivity index (χ1n) is 4.19. The summed E-state index contributed by atoms with van der Waals surface area (Å²) in [4.78, 5) is 11.0. The number of rotatable bonds is 2. The summed E-state index contributed by atoms with van der Waals surface area (Å²) in [5.74, 6) is -0.0706. The lowest BCUT2D eigenvalue weighted by Crippen LogP contribution is -2.23. The number of hydrogen-bond donors (Lipinski definition) is 2. The van der Waals surface area contributed by atoms with Crippen molar-refractivity contribution in [2.45, 2.75) is 13.8 Å². The quantitative estimate of drug-likeness (QED) is 0.664. The molecule has 70 valence electrons. The number of carbonyl (C=O) groups is 1. The fraction of sp³-hybridized carbons (Fsp3) is 0.300. The lowest BCUT2D eigenvalue weighted by Gasteiger charge is -2.17. The van der Waals surface area contributed by atoms with E-state index in [-0.39, 0.29) is 0 Å². The minimum atomic E-state index is -0.441. The molecule has 13 heavy (non-hydrogen) atoms. The number of dihydropyridines is 1. The Morgan fingerprint density at radius 2 is 2.23 bits per heavy atom. The molecule has 1 amide bonds. The zero-order chi connectivity index (χ0) is 10.0. The maximum atomic E-state index is 11.0. The van der Waals surface area contributed by atoms with Crippen LogP contribution in [0.25, 0.3) is 0 Å². The third kappa shape index (κ3) is 1.99. The molecule has 0 radical (unpaired) electrons. The number of carbonyl (C=O) groups excluding carboxylic acids is 1. The number of primary amides is 1. The van der Waals surface area contributed by atoms with Gasteiger partial charge in [-0.1, -0.05) is 20.4 Å². The molecule has 0 unspecified atom stereocenters. The lowest BCUT2D eigenvalue weighted by molar-refractivity contribution is -0.114. The minimum Gasteiger partial charge on any atom is -0.366 e. The summed E-state index contributed by atoms with van der Waals surface area (Å²) < 4.78 is 0. The summed E-state index contributed by atoms with van der Waals surface area (Å²) in [5, 5.41) is 2.92. The lowest BCUT2D eigenvalue weighted by atomic mass is 9.98. The molecule has 0 spiro atoms. The topological polar surface area (TPSA) is 55.1 Å². The fourth-order valence-corrected chi connectivity index (χ4v) is 1.10. The molecule has 0 saturated carbocycles. The van der Waals surface area contributed by atoms with Gasteiger partial charge in [-0.05, 0) is 17.6 Å². The Morgan fingerprint density at radius 1 is 1.62 bits per heavy atom. The van der Waals surface area contributed by atoms with Gasteiger partial charge in [-0.2, -0.15) is 0 Å². The van der Waals surface area contributed by atoms with Gasteiger partial charge in [-0.25, -0.2) is 0 Å². The number of hydrogen-bond acceptors (Lipinski definition) is 2. The van der Waals surface area contributed by atoms with Gasteiger partial charge in [0.25, 0.3) is 5.91 Å². The molecule has 3 nitrogen and oxygen atoms in total. The van der Waals surface area contributed by atoms with Crippen LogP contribution in [0, 0.1) is 5.92 Å². The van der Waals surface area contributed by atoms with Crippen LogP contribution in [0.15, 0.2) is 35.7 Å². The van der Waals surface area contributed by atoms with Gasteiger partial charge < -0.3 is 11.1 Å². The van der Waals surface area contributed by atoms with Gasteiger partial charge in [0.2, 0.25) is 0 Å². The molecule has 1 heterocycles. The van der Waals surface area contributed by atoms with Gasteiger partial charge in [-0.15, -0.1) is 0 Å². The van der Waals surface area contributed by atoms with Crippen LogP contribution in [-0.2, 0) is 4.79 Å². The van der Waals surface area contributed by atoms with Gasteiger partial charge in [0.15, 0.2) is 0 Å². The van der Waals surface area contributed by atoms with E-state index in [1.807, 2.05) is 6.20 Å². The van der Waals surface area contributed by atoms with Gasteiger partial charge >= 0.3 is 0 Å². The average Bonchev–Trinajstić information content (AvgIpc) is 2.04. The summed E-state index contributed by atoms with van der Waals surface area (Å²) in [6.07, 6.45) is 3.63. The van der Waals surface area contributed by atoms with Gasteiger partial charge in [0, 0.05) is 11.9 Å². The molecule has 0 aliphatic carbocycles. The van der Waals surface area contributed by atoms with Crippen molar-refractivity contribution in [1.82, 2.24) is 5.32 Å². The van der Waals surface area contributed by atoms with Crippen LogP contribution >= 0.6 is 0 Å². The summed E-state index contributed by atoms with van der Waals surface area (Å²) in [6.45, 7) is 7.79. The summed E-state index contributed by atoms with van der Waals surface area (Å²) in [7, 11) is 0. The largest absolute Gasteiger partial charge is 0.366 e. The van der Waals surface area contributed by atoms with Crippen molar-refractivity contribution in [2.24, 2.45) is 11.7 Å². The highest BCUT2D eigenvalue weighted by molar-refractivity contribution is 5.97. The van der Waals surface area contributed by atoms with E-state index >= 15 is 0 Å². The Bertz CT molecular complexity index is 311. The van der Waals surface area contributed by atoms with E-state index in [4.69, 9.17) is 5.73 Å². The zero-order valence-electron chi connectivity index (χ0n) is 7.92. The van der Waals surface area contributed by atoms with Crippen molar-refractivity contribution < 1.29 is 4.79 Å². The molecule has 0 fully saturated rings. The maximum absolute atomic E-state index is 11.0. The Hall–Kier alpha value is -1.51. The molecular formula is C10H14N2O. The predicted octanol–water partition coefficient (Wildman–Crippen LogP) is 1.05. The highest BCUT2D eigenvalue weighted by atomic mass is 16.1. The van der Waals surface area contributed by atoms with Gasteiger partial charge in [0.1, 0.15) is 0 Å². The highest BCUT2D eigenvalue weighted by Crippen LogP contribution is 2.19. The molecule has 0 aromatic heterocycles. The molecule has 3 heteroatoms. The van der Waals surface area contributed by atoms with Crippen molar-refractivity contribution in [2.75, 3.05) is 0 Å². The van der Waals surface area contributed by atoms with E-state index in [2.05, 4.69) is 25.7 Å². The first-order valence-corrected chi connectivity index (χ1v) is 4.19. The molecule has 3 N–H and O–H groups in total.